The van der Waals surface area contributed by atoms with Gasteiger partial charge in [-0.25, -0.2) is 15.0 Å². The van der Waals surface area contributed by atoms with Crippen LogP contribution in [0.5, 0.6) is 0 Å². The molecule has 0 bridgehead atoms. The second-order valence-electron chi connectivity index (χ2n) is 13.6. The number of aromatic nitrogens is 3. The highest BCUT2D eigenvalue weighted by molar-refractivity contribution is 6.23. The van der Waals surface area contributed by atoms with E-state index >= 15 is 0 Å². The van der Waals surface area contributed by atoms with E-state index in [4.69, 9.17) is 19.4 Å². The van der Waals surface area contributed by atoms with E-state index in [1.165, 1.54) is 26.9 Å². The van der Waals surface area contributed by atoms with Gasteiger partial charge in [0, 0.05) is 33.0 Å². The van der Waals surface area contributed by atoms with E-state index in [0.29, 0.717) is 17.5 Å². The molecule has 2 aromatic heterocycles. The Bertz CT molecular complexity index is 3240. The van der Waals surface area contributed by atoms with Crippen molar-refractivity contribution in [1.82, 2.24) is 15.0 Å². The number of nitrogens with zero attached hydrogens (tertiary/aromatic N) is 3. The van der Waals surface area contributed by atoms with Crippen molar-refractivity contribution in [2.45, 2.75) is 0 Å². The molecule has 2 heterocycles. The first-order valence-electron chi connectivity index (χ1n) is 17.9. The van der Waals surface area contributed by atoms with Crippen molar-refractivity contribution in [2.24, 2.45) is 0 Å². The zero-order valence-electron chi connectivity index (χ0n) is 28.5. The largest absolute Gasteiger partial charge is 0.455 e. The third-order valence-corrected chi connectivity index (χ3v) is 10.5. The molecular formula is C49H29N3O. The lowest BCUT2D eigenvalue weighted by atomic mass is 9.93. The van der Waals surface area contributed by atoms with Gasteiger partial charge in [0.25, 0.3) is 0 Å². The predicted octanol–water partition coefficient (Wildman–Crippen LogP) is 13.1. The van der Waals surface area contributed by atoms with Crippen LogP contribution in [-0.4, -0.2) is 15.0 Å². The molecule has 0 atom stereocenters. The third-order valence-electron chi connectivity index (χ3n) is 10.5. The lowest BCUT2D eigenvalue weighted by molar-refractivity contribution is 0.670. The maximum Gasteiger partial charge on any atom is 0.164 e. The van der Waals surface area contributed by atoms with E-state index in [9.17, 15) is 0 Å². The minimum absolute atomic E-state index is 0.597. The molecular weight excluding hydrogens is 647 g/mol. The fourth-order valence-electron chi connectivity index (χ4n) is 8.02. The monoisotopic (exact) mass is 675 g/mol. The molecule has 0 aliphatic heterocycles. The first-order chi connectivity index (χ1) is 26.3. The van der Waals surface area contributed by atoms with Crippen molar-refractivity contribution in [1.29, 1.82) is 0 Å². The molecule has 0 aliphatic rings. The van der Waals surface area contributed by atoms with Gasteiger partial charge in [-0.05, 0) is 66.9 Å². The molecule has 0 saturated heterocycles. The Labute approximate surface area is 304 Å². The molecule has 246 valence electrons. The molecule has 53 heavy (non-hydrogen) atoms. The van der Waals surface area contributed by atoms with Crippen LogP contribution in [0.15, 0.2) is 180 Å². The van der Waals surface area contributed by atoms with E-state index in [-0.39, 0.29) is 0 Å². The molecule has 0 spiro atoms. The van der Waals surface area contributed by atoms with Crippen LogP contribution in [0.4, 0.5) is 0 Å². The quantitative estimate of drug-likeness (QED) is 0.174. The highest BCUT2D eigenvalue weighted by atomic mass is 16.3. The fraction of sp³-hybridized carbons (Fsp3) is 0. The topological polar surface area (TPSA) is 51.8 Å². The second-order valence-corrected chi connectivity index (χ2v) is 13.6. The molecule has 0 saturated carbocycles. The van der Waals surface area contributed by atoms with Crippen LogP contribution >= 0.6 is 0 Å². The van der Waals surface area contributed by atoms with E-state index in [1.807, 2.05) is 18.2 Å². The Hall–Kier alpha value is -7.17. The van der Waals surface area contributed by atoms with E-state index in [0.717, 1.165) is 65.9 Å². The van der Waals surface area contributed by atoms with Gasteiger partial charge in [0.2, 0.25) is 0 Å². The SMILES string of the molecule is c1ccc(-c2cccc3c2oc2cccc(-c4nc(-c5ccc6ccccc6c5)nc(-c5cc6ccc7ccccc7c6c6ccccc56)n4)c23)cc1. The normalized spacial score (nSPS) is 11.8. The minimum atomic E-state index is 0.597. The van der Waals surface area contributed by atoms with Gasteiger partial charge >= 0.3 is 0 Å². The molecule has 0 aliphatic carbocycles. The molecule has 0 amide bonds. The van der Waals surface area contributed by atoms with Crippen molar-refractivity contribution in [3.63, 3.8) is 0 Å². The van der Waals surface area contributed by atoms with Gasteiger partial charge in [0.05, 0.1) is 0 Å². The van der Waals surface area contributed by atoms with Gasteiger partial charge in [-0.1, -0.05) is 158 Å². The van der Waals surface area contributed by atoms with Crippen LogP contribution in [0.3, 0.4) is 0 Å². The van der Waals surface area contributed by atoms with Crippen molar-refractivity contribution < 1.29 is 4.42 Å². The van der Waals surface area contributed by atoms with Gasteiger partial charge in [-0.2, -0.15) is 0 Å². The van der Waals surface area contributed by atoms with Crippen LogP contribution in [0, 0.1) is 0 Å². The summed E-state index contributed by atoms with van der Waals surface area (Å²) in [4.78, 5) is 15.8. The molecule has 0 N–H and O–H groups in total. The van der Waals surface area contributed by atoms with E-state index in [1.54, 1.807) is 0 Å². The summed E-state index contributed by atoms with van der Waals surface area (Å²) in [6.07, 6.45) is 0. The first-order valence-corrected chi connectivity index (χ1v) is 17.9. The highest BCUT2D eigenvalue weighted by Gasteiger charge is 2.21. The number of para-hydroxylation sites is 1. The maximum atomic E-state index is 6.65. The smallest absolute Gasteiger partial charge is 0.164 e. The summed E-state index contributed by atoms with van der Waals surface area (Å²) < 4.78 is 6.65. The third kappa shape index (κ3) is 4.73. The van der Waals surface area contributed by atoms with Gasteiger partial charge < -0.3 is 4.42 Å². The number of benzene rings is 9. The summed E-state index contributed by atoms with van der Waals surface area (Å²) >= 11 is 0. The standard InChI is InChI=1S/C49H29N3O/c1-2-13-31(14-3-1)37-20-10-21-40-45-41(22-11-23-43(45)53-46(37)40)48-50-47(35-27-24-30-12-4-5-16-33(30)28-35)51-49(52-48)42-29-34-26-25-32-15-6-7-17-36(32)44(34)39-19-9-8-18-38(39)42/h1-29H. The maximum absolute atomic E-state index is 6.65. The summed E-state index contributed by atoms with van der Waals surface area (Å²) in [5.74, 6) is 1.84. The molecule has 9 aromatic carbocycles. The molecule has 4 nitrogen and oxygen atoms in total. The van der Waals surface area contributed by atoms with E-state index < -0.39 is 0 Å². The summed E-state index contributed by atoms with van der Waals surface area (Å²) in [6.45, 7) is 0. The Morgan fingerprint density at radius 1 is 0.321 bits per heavy atom. The molecule has 0 radical (unpaired) electrons. The van der Waals surface area contributed by atoms with Crippen LogP contribution < -0.4 is 0 Å². The Kier molecular flexibility index (Phi) is 6.52. The van der Waals surface area contributed by atoms with Crippen molar-refractivity contribution in [3.8, 4) is 45.3 Å². The average molecular weight is 676 g/mol. The molecule has 0 fully saturated rings. The van der Waals surface area contributed by atoms with E-state index in [2.05, 4.69) is 158 Å². The van der Waals surface area contributed by atoms with Gasteiger partial charge in [0.1, 0.15) is 11.2 Å². The van der Waals surface area contributed by atoms with Crippen LogP contribution in [0.1, 0.15) is 0 Å². The number of hydrogen-bond acceptors (Lipinski definition) is 4. The number of furan rings is 1. The molecule has 4 heteroatoms. The number of fused-ring (bicyclic) bond motifs is 9. The number of hydrogen-bond donors (Lipinski definition) is 0. The summed E-state index contributed by atoms with van der Waals surface area (Å²) in [6, 6.07) is 61.5. The number of rotatable bonds is 4. The van der Waals surface area contributed by atoms with Gasteiger partial charge in [-0.15, -0.1) is 0 Å². The molecule has 11 aromatic rings. The Balaban J connectivity index is 1.21. The van der Waals surface area contributed by atoms with Crippen molar-refractivity contribution >= 4 is 65.0 Å². The zero-order valence-corrected chi connectivity index (χ0v) is 28.5. The average Bonchev–Trinajstić information content (AvgIpc) is 3.62. The first kappa shape index (κ1) is 29.5. The van der Waals surface area contributed by atoms with Crippen LogP contribution in [-0.2, 0) is 0 Å². The van der Waals surface area contributed by atoms with Crippen molar-refractivity contribution in [3.05, 3.63) is 176 Å². The molecule has 11 rings (SSSR count). The summed E-state index contributed by atoms with van der Waals surface area (Å²) in [5, 5.41) is 11.4. The Morgan fingerprint density at radius 3 is 1.81 bits per heavy atom. The fourth-order valence-corrected chi connectivity index (χ4v) is 8.02. The van der Waals surface area contributed by atoms with Gasteiger partial charge in [0.15, 0.2) is 17.5 Å². The minimum Gasteiger partial charge on any atom is -0.455 e. The van der Waals surface area contributed by atoms with Crippen LogP contribution in [0.2, 0.25) is 0 Å². The zero-order chi connectivity index (χ0) is 34.9. The second kappa shape index (κ2) is 11.7. The molecule has 0 unspecified atom stereocenters. The lowest BCUT2D eigenvalue weighted by Crippen LogP contribution is -2.01. The van der Waals surface area contributed by atoms with Crippen LogP contribution in [0.25, 0.3) is 110 Å². The lowest BCUT2D eigenvalue weighted by Gasteiger charge is -2.14. The van der Waals surface area contributed by atoms with Crippen molar-refractivity contribution in [2.75, 3.05) is 0 Å². The predicted molar refractivity (Wildman–Crippen MR) is 219 cm³/mol. The Morgan fingerprint density at radius 2 is 0.943 bits per heavy atom. The summed E-state index contributed by atoms with van der Waals surface area (Å²) in [7, 11) is 0. The van der Waals surface area contributed by atoms with Gasteiger partial charge in [-0.3, -0.25) is 0 Å². The highest BCUT2D eigenvalue weighted by Crippen LogP contribution is 2.42. The summed E-state index contributed by atoms with van der Waals surface area (Å²) in [5.41, 5.74) is 6.58.